The molecule has 0 radical (unpaired) electrons. The topological polar surface area (TPSA) is 80.8 Å². The molecule has 1 aliphatic rings. The Morgan fingerprint density at radius 3 is 2.55 bits per heavy atom. The van der Waals surface area contributed by atoms with Crippen LogP contribution in [0.1, 0.15) is 12.0 Å². The maximum atomic E-state index is 12.7. The molecule has 7 nitrogen and oxygen atoms in total. The van der Waals surface area contributed by atoms with E-state index in [4.69, 9.17) is 9.47 Å². The first-order chi connectivity index (χ1) is 15.1. The summed E-state index contributed by atoms with van der Waals surface area (Å²) in [5.41, 5.74) is 2.36. The Morgan fingerprint density at radius 1 is 1.10 bits per heavy atom. The molecule has 3 aromatic rings. The maximum Gasteiger partial charge on any atom is 0.229 e. The maximum absolute atomic E-state index is 12.7. The number of benzene rings is 2. The van der Waals surface area contributed by atoms with Gasteiger partial charge in [0.1, 0.15) is 12.4 Å². The summed E-state index contributed by atoms with van der Waals surface area (Å²) < 4.78 is 10.8. The van der Waals surface area contributed by atoms with E-state index >= 15 is 0 Å². The summed E-state index contributed by atoms with van der Waals surface area (Å²) in [6.45, 7) is 0.758. The number of nitrogens with one attached hydrogen (secondary N) is 1. The zero-order chi connectivity index (χ0) is 21.6. The molecule has 2 amide bonds. The number of carbonyl (C=O) groups excluding carboxylic acids is 2. The molecule has 2 heterocycles. The number of ether oxygens (including phenoxy) is 2. The molecule has 1 saturated heterocycles. The van der Waals surface area contributed by atoms with E-state index in [2.05, 4.69) is 10.3 Å². The zero-order valence-electron chi connectivity index (χ0n) is 17.2. The van der Waals surface area contributed by atoms with E-state index in [1.807, 2.05) is 42.5 Å². The molecule has 0 aliphatic carbocycles. The molecule has 1 fully saturated rings. The van der Waals surface area contributed by atoms with Gasteiger partial charge in [-0.3, -0.25) is 9.59 Å². The van der Waals surface area contributed by atoms with Crippen molar-refractivity contribution >= 4 is 23.2 Å². The van der Waals surface area contributed by atoms with E-state index in [9.17, 15) is 9.59 Å². The predicted molar refractivity (Wildman–Crippen MR) is 117 cm³/mol. The molecule has 1 N–H and O–H groups in total. The lowest BCUT2D eigenvalue weighted by Gasteiger charge is -2.17. The number of rotatable bonds is 7. The molecule has 31 heavy (non-hydrogen) atoms. The summed E-state index contributed by atoms with van der Waals surface area (Å²) in [4.78, 5) is 30.9. The Labute approximate surface area is 180 Å². The Balaban J connectivity index is 1.32. The molecule has 1 atom stereocenters. The van der Waals surface area contributed by atoms with Gasteiger partial charge in [0.05, 0.1) is 24.9 Å². The highest BCUT2D eigenvalue weighted by Gasteiger charge is 2.35. The minimum Gasteiger partial charge on any atom is -0.497 e. The van der Waals surface area contributed by atoms with Crippen LogP contribution in [0.25, 0.3) is 0 Å². The minimum absolute atomic E-state index is 0.0758. The average Bonchev–Trinajstić information content (AvgIpc) is 3.21. The molecule has 0 spiro atoms. The summed E-state index contributed by atoms with van der Waals surface area (Å²) in [7, 11) is 1.59. The third-order valence-corrected chi connectivity index (χ3v) is 5.11. The first-order valence-corrected chi connectivity index (χ1v) is 10.0. The Bertz CT molecular complexity index is 1040. The summed E-state index contributed by atoms with van der Waals surface area (Å²) in [5, 5.41) is 2.84. The van der Waals surface area contributed by atoms with Crippen LogP contribution in [0.2, 0.25) is 0 Å². The van der Waals surface area contributed by atoms with Gasteiger partial charge in [-0.15, -0.1) is 0 Å². The van der Waals surface area contributed by atoms with Crippen LogP contribution < -0.4 is 19.7 Å². The van der Waals surface area contributed by atoms with Crippen LogP contribution in [0.3, 0.4) is 0 Å². The standard InChI is InChI=1S/C24H23N3O4/c1-30-21-10-8-20(9-11-21)27-15-18(13-23(27)28)24(29)26-19-7-12-22(25-14-19)31-16-17-5-3-2-4-6-17/h2-12,14,18H,13,15-16H2,1H3,(H,26,29). The van der Waals surface area contributed by atoms with E-state index in [1.165, 1.54) is 0 Å². The summed E-state index contributed by atoms with van der Waals surface area (Å²) in [5.74, 6) is 0.484. The third kappa shape index (κ3) is 5.01. The molecule has 1 aliphatic heterocycles. The predicted octanol–water partition coefficient (Wildman–Crippen LogP) is 3.66. The summed E-state index contributed by atoms with van der Waals surface area (Å²) >= 11 is 0. The van der Waals surface area contributed by atoms with Gasteiger partial charge >= 0.3 is 0 Å². The van der Waals surface area contributed by atoms with Gasteiger partial charge in [-0.2, -0.15) is 0 Å². The molecule has 1 aromatic heterocycles. The fraction of sp³-hybridized carbons (Fsp3) is 0.208. The molecule has 7 heteroatoms. The average molecular weight is 417 g/mol. The largest absolute Gasteiger partial charge is 0.497 e. The first kappa shape index (κ1) is 20.4. The van der Waals surface area contributed by atoms with Gasteiger partial charge in [0.2, 0.25) is 17.7 Å². The lowest BCUT2D eigenvalue weighted by Crippen LogP contribution is -2.28. The van der Waals surface area contributed by atoms with Gasteiger partial charge < -0.3 is 19.7 Å². The van der Waals surface area contributed by atoms with Crippen molar-refractivity contribution in [1.82, 2.24) is 4.98 Å². The highest BCUT2D eigenvalue weighted by Crippen LogP contribution is 2.27. The molecule has 2 aromatic carbocycles. The Kier molecular flexibility index (Phi) is 6.12. The van der Waals surface area contributed by atoms with Gasteiger partial charge in [0, 0.05) is 24.7 Å². The highest BCUT2D eigenvalue weighted by atomic mass is 16.5. The second kappa shape index (κ2) is 9.30. The van der Waals surface area contributed by atoms with Gasteiger partial charge in [0.25, 0.3) is 0 Å². The van der Waals surface area contributed by atoms with Crippen LogP contribution in [0, 0.1) is 5.92 Å². The number of pyridine rings is 1. The normalized spacial score (nSPS) is 15.6. The fourth-order valence-corrected chi connectivity index (χ4v) is 3.41. The number of hydrogen-bond acceptors (Lipinski definition) is 5. The lowest BCUT2D eigenvalue weighted by atomic mass is 10.1. The van der Waals surface area contributed by atoms with Crippen LogP contribution in [-0.2, 0) is 16.2 Å². The zero-order valence-corrected chi connectivity index (χ0v) is 17.2. The molecule has 4 rings (SSSR count). The van der Waals surface area contributed by atoms with Crippen LogP contribution in [-0.4, -0.2) is 30.5 Å². The monoisotopic (exact) mass is 417 g/mol. The number of carbonyl (C=O) groups is 2. The van der Waals surface area contributed by atoms with Crippen LogP contribution >= 0.6 is 0 Å². The minimum atomic E-state index is -0.427. The Hall–Kier alpha value is -3.87. The van der Waals surface area contributed by atoms with Gasteiger partial charge in [-0.25, -0.2) is 4.98 Å². The van der Waals surface area contributed by atoms with Crippen molar-refractivity contribution in [3.05, 3.63) is 78.5 Å². The number of anilines is 2. The van der Waals surface area contributed by atoms with Gasteiger partial charge in [-0.1, -0.05) is 30.3 Å². The Morgan fingerprint density at radius 2 is 1.87 bits per heavy atom. The van der Waals surface area contributed by atoms with E-state index < -0.39 is 5.92 Å². The second-order valence-electron chi connectivity index (χ2n) is 7.25. The van der Waals surface area contributed by atoms with Gasteiger partial charge in [0.15, 0.2) is 0 Å². The van der Waals surface area contributed by atoms with E-state index in [0.717, 1.165) is 11.3 Å². The van der Waals surface area contributed by atoms with E-state index in [1.54, 1.807) is 42.5 Å². The van der Waals surface area contributed by atoms with Crippen molar-refractivity contribution in [2.45, 2.75) is 13.0 Å². The SMILES string of the molecule is COc1ccc(N2CC(C(=O)Nc3ccc(OCc4ccccc4)nc3)CC2=O)cc1. The van der Waals surface area contributed by atoms with Crippen molar-refractivity contribution < 1.29 is 19.1 Å². The summed E-state index contributed by atoms with van der Waals surface area (Å²) in [6, 6.07) is 20.5. The number of methoxy groups -OCH3 is 1. The fourth-order valence-electron chi connectivity index (χ4n) is 3.41. The van der Waals surface area contributed by atoms with Crippen LogP contribution in [0.5, 0.6) is 11.6 Å². The van der Waals surface area contributed by atoms with Crippen LogP contribution in [0.4, 0.5) is 11.4 Å². The van der Waals surface area contributed by atoms with Crippen molar-refractivity contribution in [2.75, 3.05) is 23.9 Å². The number of hydrogen-bond donors (Lipinski definition) is 1. The number of aromatic nitrogens is 1. The molecular weight excluding hydrogens is 394 g/mol. The van der Waals surface area contributed by atoms with Crippen molar-refractivity contribution in [2.24, 2.45) is 5.92 Å². The molecule has 158 valence electrons. The molecule has 0 saturated carbocycles. The van der Waals surface area contributed by atoms with Crippen molar-refractivity contribution in [3.8, 4) is 11.6 Å². The molecule has 1 unspecified atom stereocenters. The number of amides is 2. The highest BCUT2D eigenvalue weighted by molar-refractivity contribution is 6.03. The lowest BCUT2D eigenvalue weighted by molar-refractivity contribution is -0.122. The molecular formula is C24H23N3O4. The van der Waals surface area contributed by atoms with Crippen LogP contribution in [0.15, 0.2) is 72.9 Å². The second-order valence-corrected chi connectivity index (χ2v) is 7.25. The first-order valence-electron chi connectivity index (χ1n) is 10.0. The molecule has 0 bridgehead atoms. The van der Waals surface area contributed by atoms with Crippen molar-refractivity contribution in [3.63, 3.8) is 0 Å². The summed E-state index contributed by atoms with van der Waals surface area (Å²) in [6.07, 6.45) is 1.72. The van der Waals surface area contributed by atoms with E-state index in [-0.39, 0.29) is 18.2 Å². The number of nitrogens with zero attached hydrogens (tertiary/aromatic N) is 2. The van der Waals surface area contributed by atoms with Crippen molar-refractivity contribution in [1.29, 1.82) is 0 Å². The smallest absolute Gasteiger partial charge is 0.229 e. The quantitative estimate of drug-likeness (QED) is 0.635. The van der Waals surface area contributed by atoms with E-state index in [0.29, 0.717) is 30.5 Å². The third-order valence-electron chi connectivity index (χ3n) is 5.11. The van der Waals surface area contributed by atoms with Gasteiger partial charge in [-0.05, 0) is 35.9 Å².